The van der Waals surface area contributed by atoms with Gasteiger partial charge in [-0.15, -0.1) is 5.10 Å². The Labute approximate surface area is 105 Å². The largest absolute Gasteiger partial charge is 0.254 e. The molecule has 0 radical (unpaired) electrons. The molecule has 78 valence electrons. The van der Waals surface area contributed by atoms with Crippen LogP contribution in [0.15, 0.2) is 42.6 Å². The van der Waals surface area contributed by atoms with Gasteiger partial charge in [0, 0.05) is 6.20 Å². The zero-order valence-corrected chi connectivity index (χ0v) is 10.4. The first-order chi connectivity index (χ1) is 7.86. The summed E-state index contributed by atoms with van der Waals surface area (Å²) < 4.78 is 2.84. The number of halogens is 1. The number of nitrogens with zero attached hydrogens (tertiary/aromatic N) is 4. The third-order valence-electron chi connectivity index (χ3n) is 2.30. The van der Waals surface area contributed by atoms with Gasteiger partial charge in [-0.25, -0.2) is 4.52 Å². The molecule has 0 spiro atoms. The lowest BCUT2D eigenvalue weighted by Gasteiger charge is -1.97. The maximum atomic E-state index is 4.28. The maximum Gasteiger partial charge on any atom is 0.139 e. The van der Waals surface area contributed by atoms with Gasteiger partial charge in [0.2, 0.25) is 0 Å². The number of hydrogen-bond donors (Lipinski definition) is 0. The predicted octanol–water partition coefficient (Wildman–Crippen LogP) is 2.40. The Bertz CT molecular complexity index is 633. The third kappa shape index (κ3) is 1.47. The van der Waals surface area contributed by atoms with Crippen molar-refractivity contribution in [2.45, 2.75) is 0 Å². The molecular weight excluding hydrogens is 315 g/mol. The molecule has 0 saturated carbocycles. The monoisotopic (exact) mass is 322 g/mol. The molecule has 0 unspecified atom stereocenters. The summed E-state index contributed by atoms with van der Waals surface area (Å²) in [4.78, 5) is 4.28. The van der Waals surface area contributed by atoms with E-state index in [1.807, 2.05) is 40.9 Å². The quantitative estimate of drug-likeness (QED) is 0.510. The molecule has 3 heterocycles. The van der Waals surface area contributed by atoms with Crippen LogP contribution in [0.1, 0.15) is 0 Å². The standard InChI is InChI=1S/C11H7IN4/c12-10-6-3-5-9-11(14-15-16(9)10)8-4-1-2-7-13-8/h1-7H. The summed E-state index contributed by atoms with van der Waals surface area (Å²) in [5.74, 6) is 0. The lowest BCUT2D eigenvalue weighted by atomic mass is 10.2. The first-order valence-corrected chi connectivity index (χ1v) is 5.85. The SMILES string of the molecule is Ic1cccc2c(-c3ccccn3)nnn12. The van der Waals surface area contributed by atoms with Gasteiger partial charge in [-0.3, -0.25) is 4.98 Å². The minimum absolute atomic E-state index is 0.819. The van der Waals surface area contributed by atoms with Crippen LogP contribution in [0.5, 0.6) is 0 Å². The van der Waals surface area contributed by atoms with Crippen LogP contribution in [-0.4, -0.2) is 19.8 Å². The van der Waals surface area contributed by atoms with E-state index in [4.69, 9.17) is 0 Å². The predicted molar refractivity (Wildman–Crippen MR) is 68.9 cm³/mol. The molecule has 0 atom stereocenters. The fourth-order valence-electron chi connectivity index (χ4n) is 1.57. The van der Waals surface area contributed by atoms with Crippen molar-refractivity contribution in [2.75, 3.05) is 0 Å². The lowest BCUT2D eigenvalue weighted by Crippen LogP contribution is -1.91. The van der Waals surface area contributed by atoms with Gasteiger partial charge >= 0.3 is 0 Å². The van der Waals surface area contributed by atoms with Crippen LogP contribution in [0.3, 0.4) is 0 Å². The van der Waals surface area contributed by atoms with E-state index in [0.717, 1.165) is 20.6 Å². The van der Waals surface area contributed by atoms with Gasteiger partial charge in [0.1, 0.15) is 9.39 Å². The molecule has 0 fully saturated rings. The van der Waals surface area contributed by atoms with Crippen LogP contribution in [-0.2, 0) is 0 Å². The topological polar surface area (TPSA) is 43.1 Å². The molecule has 4 nitrogen and oxygen atoms in total. The number of aromatic nitrogens is 4. The summed E-state index contributed by atoms with van der Waals surface area (Å²) in [6, 6.07) is 11.7. The van der Waals surface area contributed by atoms with E-state index >= 15 is 0 Å². The Morgan fingerprint density at radius 2 is 2.00 bits per heavy atom. The highest BCUT2D eigenvalue weighted by Crippen LogP contribution is 2.20. The Morgan fingerprint density at radius 3 is 2.81 bits per heavy atom. The van der Waals surface area contributed by atoms with Crippen molar-refractivity contribution >= 4 is 28.1 Å². The molecule has 0 aromatic carbocycles. The van der Waals surface area contributed by atoms with Gasteiger partial charge in [0.05, 0.1) is 11.2 Å². The molecule has 0 N–H and O–H groups in total. The molecule has 5 heteroatoms. The van der Waals surface area contributed by atoms with Crippen LogP contribution < -0.4 is 0 Å². The second-order valence-electron chi connectivity index (χ2n) is 3.30. The molecule has 0 aliphatic heterocycles. The normalized spacial score (nSPS) is 10.8. The van der Waals surface area contributed by atoms with Crippen LogP contribution >= 0.6 is 22.6 Å². The Balaban J connectivity index is 2.30. The highest BCUT2D eigenvalue weighted by atomic mass is 127. The molecule has 0 aliphatic rings. The molecule has 0 amide bonds. The zero-order valence-electron chi connectivity index (χ0n) is 8.21. The van der Waals surface area contributed by atoms with Crippen LogP contribution in [0.2, 0.25) is 0 Å². The minimum Gasteiger partial charge on any atom is -0.254 e. The van der Waals surface area contributed by atoms with Crippen LogP contribution in [0.4, 0.5) is 0 Å². The molecule has 0 aliphatic carbocycles. The van der Waals surface area contributed by atoms with Gasteiger partial charge in [0.15, 0.2) is 0 Å². The summed E-state index contributed by atoms with van der Waals surface area (Å²) >= 11 is 2.23. The van der Waals surface area contributed by atoms with E-state index in [2.05, 4.69) is 37.9 Å². The molecule has 0 bridgehead atoms. The van der Waals surface area contributed by atoms with Gasteiger partial charge in [0.25, 0.3) is 0 Å². The van der Waals surface area contributed by atoms with Crippen molar-refractivity contribution in [2.24, 2.45) is 0 Å². The number of hydrogen-bond acceptors (Lipinski definition) is 3. The van der Waals surface area contributed by atoms with E-state index in [9.17, 15) is 0 Å². The fourth-order valence-corrected chi connectivity index (χ4v) is 2.13. The summed E-state index contributed by atoms with van der Waals surface area (Å²) in [6.07, 6.45) is 1.76. The first-order valence-electron chi connectivity index (χ1n) is 4.77. The van der Waals surface area contributed by atoms with Gasteiger partial charge in [-0.2, -0.15) is 0 Å². The van der Waals surface area contributed by atoms with Crippen LogP contribution in [0.25, 0.3) is 16.9 Å². The van der Waals surface area contributed by atoms with Gasteiger partial charge in [-0.1, -0.05) is 17.3 Å². The molecule has 0 saturated heterocycles. The Hall–Kier alpha value is -1.50. The van der Waals surface area contributed by atoms with E-state index < -0.39 is 0 Å². The summed E-state index contributed by atoms with van der Waals surface area (Å²) in [7, 11) is 0. The van der Waals surface area contributed by atoms with Crippen molar-refractivity contribution < 1.29 is 0 Å². The second kappa shape index (κ2) is 3.82. The smallest absolute Gasteiger partial charge is 0.139 e. The average Bonchev–Trinajstić information content (AvgIpc) is 2.75. The minimum atomic E-state index is 0.819. The second-order valence-corrected chi connectivity index (χ2v) is 4.40. The van der Waals surface area contributed by atoms with E-state index in [1.54, 1.807) is 6.20 Å². The van der Waals surface area contributed by atoms with E-state index in [1.165, 1.54) is 0 Å². The molecule has 16 heavy (non-hydrogen) atoms. The van der Waals surface area contributed by atoms with Crippen molar-refractivity contribution in [1.82, 2.24) is 19.8 Å². The number of fused-ring (bicyclic) bond motifs is 1. The Morgan fingerprint density at radius 1 is 1.06 bits per heavy atom. The molecule has 3 rings (SSSR count). The average molecular weight is 322 g/mol. The number of rotatable bonds is 1. The zero-order chi connectivity index (χ0) is 11.0. The first kappa shape index (κ1) is 9.71. The summed E-state index contributed by atoms with van der Waals surface area (Å²) in [5, 5.41) is 8.29. The van der Waals surface area contributed by atoms with Gasteiger partial charge < -0.3 is 0 Å². The highest BCUT2D eigenvalue weighted by Gasteiger charge is 2.10. The highest BCUT2D eigenvalue weighted by molar-refractivity contribution is 14.1. The van der Waals surface area contributed by atoms with Crippen molar-refractivity contribution in [1.29, 1.82) is 0 Å². The van der Waals surface area contributed by atoms with Crippen molar-refractivity contribution in [3.63, 3.8) is 0 Å². The maximum absolute atomic E-state index is 4.28. The summed E-state index contributed by atoms with van der Waals surface area (Å²) in [5.41, 5.74) is 2.64. The summed E-state index contributed by atoms with van der Waals surface area (Å²) in [6.45, 7) is 0. The molecular formula is C11H7IN4. The van der Waals surface area contributed by atoms with Crippen LogP contribution in [0, 0.1) is 3.70 Å². The molecule has 3 aromatic rings. The Kier molecular flexibility index (Phi) is 2.32. The van der Waals surface area contributed by atoms with Crippen molar-refractivity contribution in [3.05, 3.63) is 46.3 Å². The van der Waals surface area contributed by atoms with E-state index in [-0.39, 0.29) is 0 Å². The lowest BCUT2D eigenvalue weighted by molar-refractivity contribution is 0.838. The van der Waals surface area contributed by atoms with Crippen molar-refractivity contribution in [3.8, 4) is 11.4 Å². The third-order valence-corrected chi connectivity index (χ3v) is 3.12. The fraction of sp³-hybridized carbons (Fsp3) is 0. The van der Waals surface area contributed by atoms with Gasteiger partial charge in [-0.05, 0) is 46.9 Å². The molecule has 3 aromatic heterocycles. The van der Waals surface area contributed by atoms with E-state index in [0.29, 0.717) is 0 Å². The number of pyridine rings is 2.